The van der Waals surface area contributed by atoms with Crippen molar-refractivity contribution in [1.82, 2.24) is 0 Å². The number of quaternary nitrogens is 1. The highest BCUT2D eigenvalue weighted by Crippen LogP contribution is 2.55. The van der Waals surface area contributed by atoms with E-state index in [1.807, 2.05) is 6.92 Å². The van der Waals surface area contributed by atoms with E-state index in [1.165, 1.54) is 30.7 Å². The number of nitrogens with zero attached hydrogens (tertiary/aromatic N) is 1. The van der Waals surface area contributed by atoms with Crippen LogP contribution in [0.1, 0.15) is 79.6 Å². The van der Waals surface area contributed by atoms with Crippen molar-refractivity contribution in [1.29, 1.82) is 0 Å². The first-order valence-electron chi connectivity index (χ1n) is 11.1. The summed E-state index contributed by atoms with van der Waals surface area (Å²) >= 11 is 0. The van der Waals surface area contributed by atoms with Crippen LogP contribution in [0, 0.1) is 0 Å². The van der Waals surface area contributed by atoms with Gasteiger partial charge in [-0.1, -0.05) is 39.0 Å². The van der Waals surface area contributed by atoms with Gasteiger partial charge in [-0.2, -0.15) is 35.1 Å². The standard InChI is InChI=1S/C12H18F8O3S.C8H20N/c1-2-3-4-5-6-7-8-9(13,14)10(15,16)11(17,18)12(19,20)24(21,22)23;1-5-9(6-2,7-3)8-4/h2-8H2,1H3,(H,21,22,23);5-8H2,1-4H3/q;+1/p-1. The average Bonchev–Trinajstić information content (AvgIpc) is 2.72. The Bertz CT molecular complexity index is 636. The third-order valence-corrected chi connectivity index (χ3v) is 6.95. The van der Waals surface area contributed by atoms with E-state index in [-0.39, 0.29) is 6.42 Å². The molecule has 0 fully saturated rings. The van der Waals surface area contributed by atoms with Crippen LogP contribution in [0.25, 0.3) is 0 Å². The molecule has 0 aromatic heterocycles. The van der Waals surface area contributed by atoms with Crippen molar-refractivity contribution in [2.75, 3.05) is 26.2 Å². The molecule has 0 spiro atoms. The molecule has 0 atom stereocenters. The Hall–Kier alpha value is -0.690. The molecule has 13 heteroatoms. The third-order valence-electron chi connectivity index (χ3n) is 6.06. The van der Waals surface area contributed by atoms with E-state index in [0.29, 0.717) is 12.8 Å². The normalized spacial score (nSPS) is 14.1. The first-order chi connectivity index (χ1) is 14.8. The van der Waals surface area contributed by atoms with E-state index in [1.54, 1.807) is 0 Å². The van der Waals surface area contributed by atoms with E-state index in [4.69, 9.17) is 0 Å². The van der Waals surface area contributed by atoms with Gasteiger partial charge in [-0.3, -0.25) is 0 Å². The van der Waals surface area contributed by atoms with E-state index >= 15 is 0 Å². The second-order valence-electron chi connectivity index (χ2n) is 7.95. The SMILES string of the molecule is CCCCCCCCC(F)(F)C(F)(F)C(F)(F)C(F)(F)S(=O)(=O)[O-].CC[N+](CC)(CC)CC. The molecule has 0 aromatic rings. The van der Waals surface area contributed by atoms with Crippen LogP contribution >= 0.6 is 0 Å². The third kappa shape index (κ3) is 8.48. The van der Waals surface area contributed by atoms with Gasteiger partial charge in [-0.05, 0) is 34.1 Å². The second-order valence-corrected chi connectivity index (χ2v) is 9.37. The number of hydrogen-bond donors (Lipinski definition) is 0. The van der Waals surface area contributed by atoms with Gasteiger partial charge in [0.05, 0.1) is 26.2 Å². The lowest BCUT2D eigenvalue weighted by Gasteiger charge is -2.37. The van der Waals surface area contributed by atoms with Gasteiger partial charge in [0, 0.05) is 6.42 Å². The maximum absolute atomic E-state index is 13.3. The maximum Gasteiger partial charge on any atom is 0.402 e. The molecule has 0 unspecified atom stereocenters. The monoisotopic (exact) mass is 523 g/mol. The van der Waals surface area contributed by atoms with Gasteiger partial charge in [0.1, 0.15) is 0 Å². The Balaban J connectivity index is 0. The fraction of sp³-hybridized carbons (Fsp3) is 1.00. The minimum atomic E-state index is -7.29. The molecule has 0 aliphatic carbocycles. The minimum absolute atomic E-state index is 0.0203. The van der Waals surface area contributed by atoms with Crippen molar-refractivity contribution in [2.45, 2.75) is 103 Å². The Morgan fingerprint density at radius 3 is 1.30 bits per heavy atom. The Labute approximate surface area is 192 Å². The molecule has 0 heterocycles. The predicted octanol–water partition coefficient (Wildman–Crippen LogP) is 6.66. The predicted molar refractivity (Wildman–Crippen MR) is 110 cm³/mol. The average molecular weight is 524 g/mol. The zero-order chi connectivity index (χ0) is 26.8. The molecule has 0 amide bonds. The molecule has 0 aliphatic rings. The molecule has 33 heavy (non-hydrogen) atoms. The summed E-state index contributed by atoms with van der Waals surface area (Å²) in [6.45, 7) is 16.1. The maximum atomic E-state index is 13.3. The molecular formula is C20H37F8NO3S. The smallest absolute Gasteiger partial charge is 0.402 e. The van der Waals surface area contributed by atoms with Gasteiger partial charge in [-0.25, -0.2) is 8.42 Å². The molecule has 0 saturated heterocycles. The molecular weight excluding hydrogens is 486 g/mol. The summed E-state index contributed by atoms with van der Waals surface area (Å²) in [4.78, 5) is 0. The van der Waals surface area contributed by atoms with Crippen LogP contribution in [0.5, 0.6) is 0 Å². The van der Waals surface area contributed by atoms with Crippen molar-refractivity contribution in [3.8, 4) is 0 Å². The molecule has 0 rings (SSSR count). The van der Waals surface area contributed by atoms with Crippen molar-refractivity contribution < 1.29 is 52.6 Å². The number of alkyl halides is 8. The van der Waals surface area contributed by atoms with Gasteiger partial charge in [-0.15, -0.1) is 0 Å². The minimum Gasteiger partial charge on any atom is -0.743 e. The number of rotatable bonds is 15. The molecule has 0 N–H and O–H groups in total. The first kappa shape index (κ1) is 34.5. The van der Waals surface area contributed by atoms with E-state index in [0.717, 1.165) is 12.8 Å². The molecule has 0 aromatic carbocycles. The number of hydrogen-bond acceptors (Lipinski definition) is 3. The fourth-order valence-electron chi connectivity index (χ4n) is 3.20. The zero-order valence-electron chi connectivity index (χ0n) is 19.9. The van der Waals surface area contributed by atoms with Crippen molar-refractivity contribution in [2.24, 2.45) is 0 Å². The van der Waals surface area contributed by atoms with Crippen molar-refractivity contribution in [3.05, 3.63) is 0 Å². The summed E-state index contributed by atoms with van der Waals surface area (Å²) in [7, 11) is -7.29. The summed E-state index contributed by atoms with van der Waals surface area (Å²) in [5, 5.41) is -6.88. The van der Waals surface area contributed by atoms with Crippen LogP contribution in [-0.4, -0.2) is 66.7 Å². The summed E-state index contributed by atoms with van der Waals surface area (Å²) in [5.41, 5.74) is 0. The molecule has 202 valence electrons. The van der Waals surface area contributed by atoms with Crippen LogP contribution in [0.4, 0.5) is 35.1 Å². The summed E-state index contributed by atoms with van der Waals surface area (Å²) in [6, 6.07) is 0. The molecule has 0 aliphatic heterocycles. The zero-order valence-corrected chi connectivity index (χ0v) is 20.7. The second kappa shape index (κ2) is 13.4. The van der Waals surface area contributed by atoms with Gasteiger partial charge in [0.25, 0.3) is 0 Å². The summed E-state index contributed by atoms with van der Waals surface area (Å²) < 4.78 is 136. The Morgan fingerprint density at radius 2 is 1.00 bits per heavy atom. The largest absolute Gasteiger partial charge is 0.743 e. The Morgan fingerprint density at radius 1 is 0.636 bits per heavy atom. The van der Waals surface area contributed by atoms with Gasteiger partial charge in [0.15, 0.2) is 10.1 Å². The number of unbranched alkanes of at least 4 members (excludes halogenated alkanes) is 5. The highest BCUT2D eigenvalue weighted by atomic mass is 32.2. The Kier molecular flexibility index (Phi) is 14.0. The lowest BCUT2D eigenvalue weighted by Crippen LogP contribution is -2.64. The molecule has 0 saturated carbocycles. The summed E-state index contributed by atoms with van der Waals surface area (Å²) in [6.07, 6.45) is -0.0161. The number of halogens is 8. The van der Waals surface area contributed by atoms with Crippen LogP contribution in [0.2, 0.25) is 0 Å². The van der Waals surface area contributed by atoms with Crippen molar-refractivity contribution >= 4 is 10.1 Å². The lowest BCUT2D eigenvalue weighted by molar-refractivity contribution is -0.921. The van der Waals surface area contributed by atoms with E-state index < -0.39 is 46.0 Å². The van der Waals surface area contributed by atoms with Crippen LogP contribution < -0.4 is 0 Å². The van der Waals surface area contributed by atoms with Gasteiger partial charge in [0.2, 0.25) is 0 Å². The van der Waals surface area contributed by atoms with E-state index in [2.05, 4.69) is 27.7 Å². The quantitative estimate of drug-likeness (QED) is 0.104. The molecule has 0 radical (unpaired) electrons. The molecule has 4 nitrogen and oxygen atoms in total. The highest BCUT2D eigenvalue weighted by Gasteiger charge is 2.82. The van der Waals surface area contributed by atoms with Gasteiger partial charge >= 0.3 is 23.0 Å². The van der Waals surface area contributed by atoms with Crippen LogP contribution in [0.3, 0.4) is 0 Å². The van der Waals surface area contributed by atoms with Gasteiger partial charge < -0.3 is 9.04 Å². The lowest BCUT2D eigenvalue weighted by atomic mass is 9.98. The van der Waals surface area contributed by atoms with Crippen LogP contribution in [-0.2, 0) is 10.1 Å². The van der Waals surface area contributed by atoms with Crippen LogP contribution in [0.15, 0.2) is 0 Å². The van der Waals surface area contributed by atoms with E-state index in [9.17, 15) is 48.1 Å². The first-order valence-corrected chi connectivity index (χ1v) is 12.5. The summed E-state index contributed by atoms with van der Waals surface area (Å²) in [5.74, 6) is -19.4. The highest BCUT2D eigenvalue weighted by molar-refractivity contribution is 7.86. The topological polar surface area (TPSA) is 57.2 Å². The van der Waals surface area contributed by atoms with Crippen molar-refractivity contribution in [3.63, 3.8) is 0 Å². The molecule has 0 bridgehead atoms. The fourth-order valence-corrected chi connectivity index (χ4v) is 3.64.